The molecule has 1 N–H and O–H groups in total. The molecule has 4 heteroatoms. The van der Waals surface area contributed by atoms with Gasteiger partial charge in [-0.1, -0.05) is 15.9 Å². The van der Waals surface area contributed by atoms with Crippen LogP contribution in [0.5, 0.6) is 5.75 Å². The quantitative estimate of drug-likeness (QED) is 0.909. The number of benzene rings is 1. The fourth-order valence-electron chi connectivity index (χ4n) is 0.847. The predicted molar refractivity (Wildman–Crippen MR) is 54.3 cm³/mol. The molecule has 1 rings (SSSR count). The molecule has 0 saturated carbocycles. The summed E-state index contributed by atoms with van der Waals surface area (Å²) in [6.45, 7) is 0.0170. The van der Waals surface area contributed by atoms with Crippen LogP contribution >= 0.6 is 31.9 Å². The topological polar surface area (TPSA) is 29.5 Å². The van der Waals surface area contributed by atoms with Gasteiger partial charge in [0.05, 0.1) is 18.2 Å². The molecule has 2 nitrogen and oxygen atoms in total. The first-order valence-electron chi connectivity index (χ1n) is 3.31. The Morgan fingerprint density at radius 2 is 2.00 bits per heavy atom. The predicted octanol–water partition coefficient (Wildman–Crippen LogP) is 2.71. The van der Waals surface area contributed by atoms with E-state index in [1.807, 2.05) is 12.1 Å². The zero-order chi connectivity index (χ0) is 9.14. The lowest BCUT2D eigenvalue weighted by atomic mass is 10.2. The molecule has 12 heavy (non-hydrogen) atoms. The summed E-state index contributed by atoms with van der Waals surface area (Å²) < 4.78 is 6.76. The van der Waals surface area contributed by atoms with Crippen LogP contribution in [0, 0.1) is 0 Å². The van der Waals surface area contributed by atoms with Crippen LogP contribution < -0.4 is 4.74 Å². The van der Waals surface area contributed by atoms with Gasteiger partial charge in [0.25, 0.3) is 0 Å². The lowest BCUT2D eigenvalue weighted by molar-refractivity contribution is 0.280. The van der Waals surface area contributed by atoms with Crippen LogP contribution in [0.2, 0.25) is 0 Å². The van der Waals surface area contributed by atoms with Gasteiger partial charge in [0.15, 0.2) is 0 Å². The van der Waals surface area contributed by atoms with E-state index < -0.39 is 0 Å². The average Bonchev–Trinajstić information content (AvgIpc) is 2.08. The molecule has 0 bridgehead atoms. The molecule has 0 aliphatic carbocycles. The van der Waals surface area contributed by atoms with Crippen molar-refractivity contribution in [2.24, 2.45) is 0 Å². The van der Waals surface area contributed by atoms with Gasteiger partial charge in [-0.05, 0) is 33.6 Å². The Kier molecular flexibility index (Phi) is 3.55. The summed E-state index contributed by atoms with van der Waals surface area (Å²) in [5, 5.41) is 8.91. The number of hydrogen-bond acceptors (Lipinski definition) is 2. The van der Waals surface area contributed by atoms with Crippen molar-refractivity contribution in [1.29, 1.82) is 0 Å². The Morgan fingerprint density at radius 1 is 1.33 bits per heavy atom. The number of rotatable bonds is 2. The van der Waals surface area contributed by atoms with E-state index in [4.69, 9.17) is 9.84 Å². The first-order chi connectivity index (χ1) is 5.69. The molecule has 0 saturated heterocycles. The van der Waals surface area contributed by atoms with Crippen molar-refractivity contribution in [3.05, 3.63) is 26.6 Å². The second-order valence-corrected chi connectivity index (χ2v) is 3.94. The van der Waals surface area contributed by atoms with E-state index in [0.29, 0.717) is 0 Å². The Balaban J connectivity index is 3.16. The minimum absolute atomic E-state index is 0.0170. The van der Waals surface area contributed by atoms with E-state index in [0.717, 1.165) is 20.3 Å². The van der Waals surface area contributed by atoms with Gasteiger partial charge >= 0.3 is 0 Å². The molecule has 66 valence electrons. The Labute approximate surface area is 87.8 Å². The van der Waals surface area contributed by atoms with E-state index in [1.165, 1.54) is 0 Å². The van der Waals surface area contributed by atoms with Gasteiger partial charge < -0.3 is 9.84 Å². The third-order valence-corrected chi connectivity index (χ3v) is 2.85. The Bertz CT molecular complexity index is 257. The van der Waals surface area contributed by atoms with E-state index >= 15 is 0 Å². The highest BCUT2D eigenvalue weighted by Gasteiger charge is 2.05. The average molecular weight is 296 g/mol. The highest BCUT2D eigenvalue weighted by atomic mass is 79.9. The molecule has 0 aliphatic heterocycles. The van der Waals surface area contributed by atoms with Gasteiger partial charge in [0, 0.05) is 4.47 Å². The van der Waals surface area contributed by atoms with Crippen molar-refractivity contribution in [3.63, 3.8) is 0 Å². The molecule has 0 aliphatic rings. The monoisotopic (exact) mass is 294 g/mol. The smallest absolute Gasteiger partial charge is 0.134 e. The Morgan fingerprint density at radius 3 is 2.50 bits per heavy atom. The van der Waals surface area contributed by atoms with Crippen LogP contribution in [0.3, 0.4) is 0 Å². The van der Waals surface area contributed by atoms with E-state index in [-0.39, 0.29) is 6.61 Å². The second kappa shape index (κ2) is 4.25. The van der Waals surface area contributed by atoms with Crippen LogP contribution in [0.15, 0.2) is 21.1 Å². The van der Waals surface area contributed by atoms with E-state index in [9.17, 15) is 0 Å². The van der Waals surface area contributed by atoms with Crippen LogP contribution in [0.1, 0.15) is 5.56 Å². The van der Waals surface area contributed by atoms with Crippen molar-refractivity contribution < 1.29 is 9.84 Å². The number of halogens is 2. The minimum Gasteiger partial charge on any atom is -0.496 e. The minimum atomic E-state index is 0.0170. The van der Waals surface area contributed by atoms with Gasteiger partial charge in [-0.3, -0.25) is 0 Å². The van der Waals surface area contributed by atoms with Crippen molar-refractivity contribution in [1.82, 2.24) is 0 Å². The zero-order valence-corrected chi connectivity index (χ0v) is 9.65. The van der Waals surface area contributed by atoms with Gasteiger partial charge in [-0.25, -0.2) is 0 Å². The summed E-state index contributed by atoms with van der Waals surface area (Å²) in [7, 11) is 1.60. The molecular weight excluding hydrogens is 288 g/mol. The summed E-state index contributed by atoms with van der Waals surface area (Å²) in [6, 6.07) is 3.64. The van der Waals surface area contributed by atoms with Crippen LogP contribution in [-0.2, 0) is 6.61 Å². The van der Waals surface area contributed by atoms with Crippen molar-refractivity contribution >= 4 is 31.9 Å². The maximum absolute atomic E-state index is 8.91. The number of aliphatic hydroxyl groups is 1. The highest BCUT2D eigenvalue weighted by Crippen LogP contribution is 2.31. The number of methoxy groups -OCH3 is 1. The molecule has 0 unspecified atom stereocenters. The summed E-state index contributed by atoms with van der Waals surface area (Å²) in [5.74, 6) is 0.749. The summed E-state index contributed by atoms with van der Waals surface area (Å²) in [4.78, 5) is 0. The largest absolute Gasteiger partial charge is 0.496 e. The number of aliphatic hydroxyl groups excluding tert-OH is 1. The summed E-state index contributed by atoms with van der Waals surface area (Å²) >= 11 is 6.65. The molecule has 0 aromatic heterocycles. The summed E-state index contributed by atoms with van der Waals surface area (Å²) in [5.41, 5.74) is 0.836. The SMILES string of the molecule is COc1cc(Br)c(CO)cc1Br. The first-order valence-corrected chi connectivity index (χ1v) is 4.90. The zero-order valence-electron chi connectivity index (χ0n) is 6.47. The van der Waals surface area contributed by atoms with Crippen molar-refractivity contribution in [2.45, 2.75) is 6.61 Å². The van der Waals surface area contributed by atoms with Gasteiger partial charge in [0.1, 0.15) is 5.75 Å². The summed E-state index contributed by atoms with van der Waals surface area (Å²) in [6.07, 6.45) is 0. The maximum Gasteiger partial charge on any atom is 0.134 e. The molecule has 0 heterocycles. The first kappa shape index (κ1) is 10.0. The molecule has 0 atom stereocenters. The lowest BCUT2D eigenvalue weighted by Gasteiger charge is -2.06. The van der Waals surface area contributed by atoms with Crippen molar-refractivity contribution in [3.8, 4) is 5.75 Å². The fraction of sp³-hybridized carbons (Fsp3) is 0.250. The van der Waals surface area contributed by atoms with E-state index in [2.05, 4.69) is 31.9 Å². The molecule has 0 fully saturated rings. The molecule has 0 radical (unpaired) electrons. The fourth-order valence-corrected chi connectivity index (χ4v) is 1.85. The van der Waals surface area contributed by atoms with Gasteiger partial charge in [0.2, 0.25) is 0 Å². The van der Waals surface area contributed by atoms with Crippen LogP contribution in [0.4, 0.5) is 0 Å². The van der Waals surface area contributed by atoms with Gasteiger partial charge in [-0.15, -0.1) is 0 Å². The molecular formula is C8H8Br2O2. The standard InChI is InChI=1S/C8H8Br2O2/c1-12-8-3-6(9)5(4-11)2-7(8)10/h2-3,11H,4H2,1H3. The van der Waals surface area contributed by atoms with Gasteiger partial charge in [-0.2, -0.15) is 0 Å². The Hall–Kier alpha value is -0.0600. The van der Waals surface area contributed by atoms with E-state index in [1.54, 1.807) is 7.11 Å². The van der Waals surface area contributed by atoms with Crippen LogP contribution in [-0.4, -0.2) is 12.2 Å². The third kappa shape index (κ3) is 2.00. The molecule has 1 aromatic carbocycles. The highest BCUT2D eigenvalue weighted by molar-refractivity contribution is 9.11. The molecule has 1 aromatic rings. The third-order valence-electron chi connectivity index (χ3n) is 1.49. The second-order valence-electron chi connectivity index (χ2n) is 2.24. The molecule has 0 spiro atoms. The molecule has 0 amide bonds. The maximum atomic E-state index is 8.91. The normalized spacial score (nSPS) is 10.0. The van der Waals surface area contributed by atoms with Crippen LogP contribution in [0.25, 0.3) is 0 Å². The van der Waals surface area contributed by atoms with Crippen molar-refractivity contribution in [2.75, 3.05) is 7.11 Å². The number of ether oxygens (including phenoxy) is 1. The number of hydrogen-bond donors (Lipinski definition) is 1. The lowest BCUT2D eigenvalue weighted by Crippen LogP contribution is -1.89.